The molecule has 0 spiro atoms. The smallest absolute Gasteiger partial charge is 0.264 e. The number of para-hydroxylation sites is 1. The number of nitrogens with zero attached hydrogens (tertiary/aromatic N) is 2. The first kappa shape index (κ1) is 17.0. The molecule has 2 aromatic carbocycles. The highest BCUT2D eigenvalue weighted by atomic mass is 32.2. The van der Waals surface area contributed by atoms with Crippen LogP contribution in [-0.2, 0) is 14.8 Å². The molecule has 0 aromatic heterocycles. The van der Waals surface area contributed by atoms with Crippen LogP contribution in [0.4, 0.5) is 10.1 Å². The van der Waals surface area contributed by atoms with E-state index in [9.17, 15) is 17.6 Å². The van der Waals surface area contributed by atoms with Crippen molar-refractivity contribution in [3.8, 4) is 0 Å². The lowest BCUT2D eigenvalue weighted by Gasteiger charge is -2.25. The molecular weight excluding hydrogens is 319 g/mol. The molecule has 0 unspecified atom stereocenters. The van der Waals surface area contributed by atoms with Crippen LogP contribution < -0.4 is 4.31 Å². The van der Waals surface area contributed by atoms with Crippen molar-refractivity contribution in [1.29, 1.82) is 0 Å². The molecule has 23 heavy (non-hydrogen) atoms. The highest BCUT2D eigenvalue weighted by Crippen LogP contribution is 2.26. The molecule has 2 rings (SSSR count). The molecule has 1 amide bonds. The van der Waals surface area contributed by atoms with Crippen molar-refractivity contribution in [3.05, 3.63) is 60.4 Å². The van der Waals surface area contributed by atoms with E-state index >= 15 is 0 Å². The summed E-state index contributed by atoms with van der Waals surface area (Å²) >= 11 is 0. The van der Waals surface area contributed by atoms with Crippen molar-refractivity contribution < 1.29 is 17.6 Å². The molecule has 0 saturated carbocycles. The molecule has 0 aliphatic heterocycles. The lowest BCUT2D eigenvalue weighted by atomic mass is 10.3. The molecule has 122 valence electrons. The Hall–Kier alpha value is -2.41. The quantitative estimate of drug-likeness (QED) is 0.840. The van der Waals surface area contributed by atoms with Crippen molar-refractivity contribution in [1.82, 2.24) is 4.90 Å². The standard InChI is InChI=1S/C16H17FN2O3S/c1-18(2)16(20)12-19(15-11-7-6-10-14(15)17)23(21,22)13-8-4-3-5-9-13/h3-11H,12H2,1-2H3. The lowest BCUT2D eigenvalue weighted by molar-refractivity contribution is -0.127. The van der Waals surface area contributed by atoms with Crippen molar-refractivity contribution in [2.45, 2.75) is 4.90 Å². The topological polar surface area (TPSA) is 57.7 Å². The molecule has 0 atom stereocenters. The van der Waals surface area contributed by atoms with E-state index in [2.05, 4.69) is 0 Å². The van der Waals surface area contributed by atoms with E-state index in [1.807, 2.05) is 0 Å². The number of likely N-dealkylation sites (N-methyl/N-ethyl adjacent to an activating group) is 1. The third-order valence-electron chi connectivity index (χ3n) is 3.23. The minimum Gasteiger partial charge on any atom is -0.347 e. The Labute approximate surface area is 135 Å². The van der Waals surface area contributed by atoms with Crippen LogP contribution in [0.15, 0.2) is 59.5 Å². The van der Waals surface area contributed by atoms with Gasteiger partial charge in [0.1, 0.15) is 12.4 Å². The summed E-state index contributed by atoms with van der Waals surface area (Å²) in [6.45, 7) is -0.481. The van der Waals surface area contributed by atoms with E-state index in [0.717, 1.165) is 10.4 Å². The van der Waals surface area contributed by atoms with E-state index < -0.39 is 28.3 Å². The summed E-state index contributed by atoms with van der Waals surface area (Å²) in [5.41, 5.74) is -0.161. The van der Waals surface area contributed by atoms with Crippen LogP contribution in [0.25, 0.3) is 0 Å². The number of hydrogen-bond donors (Lipinski definition) is 0. The molecule has 7 heteroatoms. The maximum absolute atomic E-state index is 14.1. The number of benzene rings is 2. The van der Waals surface area contributed by atoms with Gasteiger partial charge in [0.05, 0.1) is 10.6 Å². The zero-order valence-corrected chi connectivity index (χ0v) is 13.6. The Balaban J connectivity index is 2.54. The first-order valence-electron chi connectivity index (χ1n) is 6.86. The van der Waals surface area contributed by atoms with Crippen LogP contribution in [-0.4, -0.2) is 39.9 Å². The summed E-state index contributed by atoms with van der Waals surface area (Å²) in [6, 6.07) is 13.1. The van der Waals surface area contributed by atoms with Crippen LogP contribution in [0.5, 0.6) is 0 Å². The number of anilines is 1. The van der Waals surface area contributed by atoms with Crippen LogP contribution in [0.1, 0.15) is 0 Å². The summed E-state index contributed by atoms with van der Waals surface area (Å²) in [6.07, 6.45) is 0. The summed E-state index contributed by atoms with van der Waals surface area (Å²) in [4.78, 5) is 13.3. The molecular formula is C16H17FN2O3S. The average Bonchev–Trinajstić information content (AvgIpc) is 2.53. The van der Waals surface area contributed by atoms with Crippen LogP contribution in [0, 0.1) is 5.82 Å². The monoisotopic (exact) mass is 336 g/mol. The molecule has 0 N–H and O–H groups in total. The second-order valence-corrected chi connectivity index (χ2v) is 6.93. The molecule has 0 heterocycles. The normalized spacial score (nSPS) is 11.1. The summed E-state index contributed by atoms with van der Waals surface area (Å²) < 4.78 is 40.6. The minimum atomic E-state index is -4.06. The van der Waals surface area contributed by atoms with Gasteiger partial charge in [0.25, 0.3) is 10.0 Å². The van der Waals surface area contributed by atoms with Gasteiger partial charge in [0.2, 0.25) is 5.91 Å². The Morgan fingerprint density at radius 3 is 2.13 bits per heavy atom. The second-order valence-electron chi connectivity index (χ2n) is 5.06. The molecule has 0 bridgehead atoms. The van der Waals surface area contributed by atoms with Gasteiger partial charge in [0.15, 0.2) is 0 Å². The van der Waals surface area contributed by atoms with Gasteiger partial charge < -0.3 is 4.90 Å². The highest BCUT2D eigenvalue weighted by molar-refractivity contribution is 7.92. The number of carbonyl (C=O) groups excluding carboxylic acids is 1. The first-order chi connectivity index (χ1) is 10.8. The Morgan fingerprint density at radius 1 is 1.00 bits per heavy atom. The number of halogens is 1. The van der Waals surface area contributed by atoms with E-state index in [1.165, 1.54) is 49.3 Å². The predicted octanol–water partition coefficient (Wildman–Crippen LogP) is 2.11. The predicted molar refractivity (Wildman–Crippen MR) is 86.1 cm³/mol. The third-order valence-corrected chi connectivity index (χ3v) is 5.00. The number of carbonyl (C=O) groups is 1. The molecule has 2 aromatic rings. The number of rotatable bonds is 5. The van der Waals surface area contributed by atoms with Crippen LogP contribution in [0.3, 0.4) is 0 Å². The minimum absolute atomic E-state index is 0.00481. The Kier molecular flexibility index (Phi) is 5.00. The molecule has 0 aliphatic rings. The largest absolute Gasteiger partial charge is 0.347 e. The summed E-state index contributed by atoms with van der Waals surface area (Å²) in [5, 5.41) is 0. The van der Waals surface area contributed by atoms with Crippen molar-refractivity contribution >= 4 is 21.6 Å². The molecule has 0 radical (unpaired) electrons. The fourth-order valence-corrected chi connectivity index (χ4v) is 3.38. The van der Waals surface area contributed by atoms with E-state index in [-0.39, 0.29) is 10.6 Å². The molecule has 0 fully saturated rings. The average molecular weight is 336 g/mol. The van der Waals surface area contributed by atoms with Crippen molar-refractivity contribution in [2.24, 2.45) is 0 Å². The Bertz CT molecular complexity index is 792. The fourth-order valence-electron chi connectivity index (χ4n) is 1.94. The van der Waals surface area contributed by atoms with Gasteiger partial charge >= 0.3 is 0 Å². The number of hydrogen-bond acceptors (Lipinski definition) is 3. The van der Waals surface area contributed by atoms with E-state index in [4.69, 9.17) is 0 Å². The number of amides is 1. The third kappa shape index (κ3) is 3.68. The summed E-state index contributed by atoms with van der Waals surface area (Å²) in [5.74, 6) is -1.16. The van der Waals surface area contributed by atoms with Gasteiger partial charge in [-0.1, -0.05) is 30.3 Å². The summed E-state index contributed by atoms with van der Waals surface area (Å²) in [7, 11) is -1.04. The van der Waals surface area contributed by atoms with Gasteiger partial charge in [-0.3, -0.25) is 9.10 Å². The fraction of sp³-hybridized carbons (Fsp3) is 0.188. The Morgan fingerprint density at radius 2 is 1.57 bits per heavy atom. The van der Waals surface area contributed by atoms with Crippen molar-refractivity contribution in [2.75, 3.05) is 24.9 Å². The molecule has 0 aliphatic carbocycles. The lowest BCUT2D eigenvalue weighted by Crippen LogP contribution is -2.40. The highest BCUT2D eigenvalue weighted by Gasteiger charge is 2.29. The SMILES string of the molecule is CN(C)C(=O)CN(c1ccccc1F)S(=O)(=O)c1ccccc1. The maximum atomic E-state index is 14.1. The number of sulfonamides is 1. The van der Waals surface area contributed by atoms with Gasteiger partial charge in [-0.05, 0) is 24.3 Å². The van der Waals surface area contributed by atoms with Gasteiger partial charge in [-0.25, -0.2) is 12.8 Å². The van der Waals surface area contributed by atoms with Gasteiger partial charge in [-0.15, -0.1) is 0 Å². The van der Waals surface area contributed by atoms with Gasteiger partial charge in [-0.2, -0.15) is 0 Å². The zero-order chi connectivity index (χ0) is 17.0. The second kappa shape index (κ2) is 6.78. The van der Waals surface area contributed by atoms with Crippen LogP contribution in [0.2, 0.25) is 0 Å². The molecule has 5 nitrogen and oxygen atoms in total. The van der Waals surface area contributed by atoms with E-state index in [0.29, 0.717) is 0 Å². The van der Waals surface area contributed by atoms with E-state index in [1.54, 1.807) is 18.2 Å². The molecule has 0 saturated heterocycles. The maximum Gasteiger partial charge on any atom is 0.264 e. The van der Waals surface area contributed by atoms with Crippen molar-refractivity contribution in [3.63, 3.8) is 0 Å². The first-order valence-corrected chi connectivity index (χ1v) is 8.30. The van der Waals surface area contributed by atoms with Crippen LogP contribution >= 0.6 is 0 Å². The van der Waals surface area contributed by atoms with Gasteiger partial charge in [0, 0.05) is 14.1 Å². The zero-order valence-electron chi connectivity index (χ0n) is 12.8.